The van der Waals surface area contributed by atoms with Gasteiger partial charge >= 0.3 is 0 Å². The number of imidazole rings is 1. The minimum atomic E-state index is -1.20. The first-order valence-corrected chi connectivity index (χ1v) is 16.7. The molecule has 1 heterocycles. The molecule has 1 aromatic rings. The lowest BCUT2D eigenvalue weighted by atomic mass is 9.46. The number of hydrogen-bond donors (Lipinski definition) is 0. The zero-order chi connectivity index (χ0) is 27.9. The molecule has 3 unspecified atom stereocenters. The third-order valence-electron chi connectivity index (χ3n) is 8.25. The number of ether oxygens (including phenoxy) is 1. The van der Waals surface area contributed by atoms with Crippen LogP contribution in [-0.2, 0) is 21.1 Å². The van der Waals surface area contributed by atoms with E-state index in [9.17, 15) is 14.9 Å². The second kappa shape index (κ2) is 9.66. The van der Waals surface area contributed by atoms with E-state index in [1.807, 2.05) is 37.6 Å². The van der Waals surface area contributed by atoms with E-state index in [0.29, 0.717) is 32.0 Å². The van der Waals surface area contributed by atoms with Gasteiger partial charge in [0.15, 0.2) is 17.4 Å². The number of fused-ring (bicyclic) bond motifs is 3. The molecule has 0 saturated heterocycles. The summed E-state index contributed by atoms with van der Waals surface area (Å²) in [5, 5.41) is 9.69. The maximum absolute atomic E-state index is 13.1. The molecule has 1 aromatic heterocycles. The number of ketones is 2. The van der Waals surface area contributed by atoms with Gasteiger partial charge in [-0.1, -0.05) is 52.4 Å². The van der Waals surface area contributed by atoms with Crippen LogP contribution in [0, 0.1) is 51.9 Å². The van der Waals surface area contributed by atoms with Gasteiger partial charge in [-0.25, -0.2) is 9.83 Å². The van der Waals surface area contributed by atoms with Crippen molar-refractivity contribution in [2.24, 2.45) is 22.2 Å². The van der Waals surface area contributed by atoms with E-state index < -0.39 is 24.3 Å². The van der Waals surface area contributed by atoms with Gasteiger partial charge in [0.05, 0.1) is 17.6 Å². The number of carbonyl (C=O) groups is 2. The fourth-order valence-corrected chi connectivity index (χ4v) is 6.90. The molecule has 196 valence electrons. The molecule has 3 aliphatic carbocycles. The average Bonchev–Trinajstić information content (AvgIpc) is 3.30. The van der Waals surface area contributed by atoms with Crippen LogP contribution in [0.5, 0.6) is 0 Å². The molecule has 7 nitrogen and oxygen atoms in total. The number of allylic oxidation sites excluding steroid dienone is 6. The number of hydrogen-bond acceptors (Lipinski definition) is 5. The predicted octanol–water partition coefficient (Wildman–Crippen LogP) is 5.32. The molecular formula is C30H34N4O3Si. The van der Waals surface area contributed by atoms with Gasteiger partial charge in [-0.15, -0.1) is 0 Å². The molecule has 0 spiro atoms. The quantitative estimate of drug-likeness (QED) is 0.224. The highest BCUT2D eigenvalue weighted by Crippen LogP contribution is 2.63. The summed E-state index contributed by atoms with van der Waals surface area (Å²) in [5.41, 5.74) is -1.51. The number of nitriles is 1. The molecule has 3 aliphatic rings. The van der Waals surface area contributed by atoms with Gasteiger partial charge in [0.2, 0.25) is 5.70 Å². The minimum Gasteiger partial charge on any atom is -0.361 e. The summed E-state index contributed by atoms with van der Waals surface area (Å²) < 4.78 is 7.75. The number of rotatable bonds is 5. The van der Waals surface area contributed by atoms with Crippen LogP contribution < -0.4 is 0 Å². The van der Waals surface area contributed by atoms with Crippen molar-refractivity contribution in [2.75, 3.05) is 6.61 Å². The van der Waals surface area contributed by atoms with Gasteiger partial charge in [0.1, 0.15) is 12.8 Å². The molecule has 0 N–H and O–H groups in total. The Morgan fingerprint density at radius 3 is 2.66 bits per heavy atom. The van der Waals surface area contributed by atoms with E-state index in [1.54, 1.807) is 18.3 Å². The molecule has 0 aromatic carbocycles. The van der Waals surface area contributed by atoms with Crippen LogP contribution in [0.25, 0.3) is 4.85 Å². The predicted molar refractivity (Wildman–Crippen MR) is 147 cm³/mol. The minimum absolute atomic E-state index is 0.0589. The van der Waals surface area contributed by atoms with E-state index >= 15 is 0 Å². The SMILES string of the molecule is [C-]#[N+]C1=CC2(C)C3=CC(=O)C(C#N)=CC3(C#Cc3nccn3COCC[Si](C)(C)C)CCC2C(C)(C)C1=O. The van der Waals surface area contributed by atoms with Gasteiger partial charge in [0, 0.05) is 37.9 Å². The lowest BCUT2D eigenvalue weighted by Gasteiger charge is -2.56. The van der Waals surface area contributed by atoms with Crippen LogP contribution >= 0.6 is 0 Å². The van der Waals surface area contributed by atoms with Crippen LogP contribution in [-0.4, -0.2) is 35.8 Å². The molecular weight excluding hydrogens is 492 g/mol. The summed E-state index contributed by atoms with van der Waals surface area (Å²) in [5.74, 6) is 6.50. The molecule has 0 amide bonds. The maximum Gasteiger partial charge on any atom is 0.226 e. The van der Waals surface area contributed by atoms with Crippen LogP contribution in [0.2, 0.25) is 25.7 Å². The van der Waals surface area contributed by atoms with Crippen molar-refractivity contribution >= 4 is 19.6 Å². The molecule has 3 atom stereocenters. The van der Waals surface area contributed by atoms with Gasteiger partial charge in [-0.05, 0) is 48.4 Å². The molecule has 4 rings (SSSR count). The Kier molecular flexibility index (Phi) is 7.00. The monoisotopic (exact) mass is 526 g/mol. The highest BCUT2D eigenvalue weighted by molar-refractivity contribution is 6.76. The Hall–Kier alpha value is -3.51. The molecule has 38 heavy (non-hydrogen) atoms. The van der Waals surface area contributed by atoms with Crippen molar-refractivity contribution in [3.63, 3.8) is 0 Å². The Morgan fingerprint density at radius 1 is 1.26 bits per heavy atom. The summed E-state index contributed by atoms with van der Waals surface area (Å²) >= 11 is 0. The summed E-state index contributed by atoms with van der Waals surface area (Å²) in [4.78, 5) is 34.0. The van der Waals surface area contributed by atoms with Crippen LogP contribution in [0.3, 0.4) is 0 Å². The second-order valence-corrected chi connectivity index (χ2v) is 18.1. The molecule has 8 heteroatoms. The second-order valence-electron chi connectivity index (χ2n) is 12.4. The highest BCUT2D eigenvalue weighted by Gasteiger charge is 2.59. The zero-order valence-corrected chi connectivity index (χ0v) is 24.0. The Labute approximate surface area is 226 Å². The average molecular weight is 527 g/mol. The summed E-state index contributed by atoms with van der Waals surface area (Å²) in [6, 6.07) is 3.10. The zero-order valence-electron chi connectivity index (χ0n) is 23.0. The van der Waals surface area contributed by atoms with Crippen LogP contribution in [0.1, 0.15) is 39.4 Å². The van der Waals surface area contributed by atoms with Gasteiger partial charge < -0.3 is 14.1 Å². The van der Waals surface area contributed by atoms with Crippen LogP contribution in [0.15, 0.2) is 47.5 Å². The summed E-state index contributed by atoms with van der Waals surface area (Å²) in [6.45, 7) is 21.3. The highest BCUT2D eigenvalue weighted by atomic mass is 28.3. The van der Waals surface area contributed by atoms with Gasteiger partial charge in [0.25, 0.3) is 0 Å². The largest absolute Gasteiger partial charge is 0.361 e. The first kappa shape index (κ1) is 27.5. The Bertz CT molecular complexity index is 1430. The van der Waals surface area contributed by atoms with Crippen LogP contribution in [0.4, 0.5) is 0 Å². The fraction of sp³-hybridized carbons (Fsp3) is 0.500. The van der Waals surface area contributed by atoms with E-state index in [0.717, 1.165) is 11.6 Å². The third kappa shape index (κ3) is 4.73. The Balaban J connectivity index is 1.75. The topological polar surface area (TPSA) is 89.3 Å². The summed E-state index contributed by atoms with van der Waals surface area (Å²) in [7, 11) is -1.20. The molecule has 0 aliphatic heterocycles. The summed E-state index contributed by atoms with van der Waals surface area (Å²) in [6.07, 6.45) is 9.65. The first-order chi connectivity index (χ1) is 17.8. The van der Waals surface area contributed by atoms with Crippen molar-refractivity contribution in [1.82, 2.24) is 9.55 Å². The number of aromatic nitrogens is 2. The lowest BCUT2D eigenvalue weighted by molar-refractivity contribution is -0.130. The number of carbonyl (C=O) groups excluding carboxylic acids is 2. The van der Waals surface area contributed by atoms with E-state index in [-0.39, 0.29) is 28.8 Å². The Morgan fingerprint density at radius 2 is 2.00 bits per heavy atom. The molecule has 1 saturated carbocycles. The standard InChI is InChI=1S/C30H34N4O3Si/c1-28(2)24-8-10-30(11-9-26-33-12-13-34(26)20-37-14-15-38(5,6)7)17-21(19-31)23(35)16-25(30)29(24,3)18-22(32-4)27(28)36/h12-13,16-18,24H,8,10,14-15,20H2,1-3,5-7H3. The van der Waals surface area contributed by atoms with E-state index in [1.165, 1.54) is 6.08 Å². The smallest absolute Gasteiger partial charge is 0.226 e. The lowest BCUT2D eigenvalue weighted by Crippen LogP contribution is -2.53. The van der Waals surface area contributed by atoms with Gasteiger partial charge in [-0.3, -0.25) is 4.79 Å². The molecule has 1 fully saturated rings. The normalized spacial score (nSPS) is 27.9. The van der Waals surface area contributed by atoms with Crippen molar-refractivity contribution in [3.8, 4) is 17.9 Å². The first-order valence-electron chi connectivity index (χ1n) is 12.9. The van der Waals surface area contributed by atoms with Crippen molar-refractivity contribution in [1.29, 1.82) is 5.26 Å². The van der Waals surface area contributed by atoms with Crippen molar-refractivity contribution in [3.05, 3.63) is 64.7 Å². The third-order valence-corrected chi connectivity index (χ3v) is 9.95. The van der Waals surface area contributed by atoms with Crippen molar-refractivity contribution in [2.45, 2.75) is 66.0 Å². The number of Topliss-reactive ketones (excluding diaryl/α,β-unsaturated/α-hetero) is 1. The molecule has 0 bridgehead atoms. The van der Waals surface area contributed by atoms with Gasteiger partial charge in [-0.2, -0.15) is 5.26 Å². The molecule has 0 radical (unpaired) electrons. The van der Waals surface area contributed by atoms with Crippen molar-refractivity contribution < 1.29 is 14.3 Å². The van der Waals surface area contributed by atoms with E-state index in [2.05, 4.69) is 41.3 Å². The maximum atomic E-state index is 13.1. The number of nitrogens with zero attached hydrogens (tertiary/aromatic N) is 4. The van der Waals surface area contributed by atoms with E-state index in [4.69, 9.17) is 11.3 Å². The fourth-order valence-electron chi connectivity index (χ4n) is 6.14.